The fourth-order valence-corrected chi connectivity index (χ4v) is 10.8. The Hall–Kier alpha value is 1.64. The minimum Gasteiger partial charge on any atom is -0.412 e. The molecule has 2 N–H and O–H groups in total. The second-order valence-corrected chi connectivity index (χ2v) is 15.5. The molecular weight excluding hydrogens is 1100 g/mol. The third kappa shape index (κ3) is 8.82. The maximum absolute atomic E-state index is 3.59. The molecule has 4 aromatic carbocycles. The first kappa shape index (κ1) is 32.8. The van der Waals surface area contributed by atoms with E-state index in [0.717, 1.165) is 67.0 Å². The van der Waals surface area contributed by atoms with Gasteiger partial charge in [-0.05, 0) is 59.7 Å². The second kappa shape index (κ2) is 14.9. The molecule has 0 amide bonds. The highest BCUT2D eigenvalue weighted by molar-refractivity contribution is 9.12. The summed E-state index contributed by atoms with van der Waals surface area (Å²) in [6.45, 7) is 0. The zero-order chi connectivity index (χ0) is 25.2. The summed E-state index contributed by atoms with van der Waals surface area (Å²) in [5.74, 6) is 0. The smallest absolute Gasteiger partial charge is 0.0276 e. The molecule has 0 saturated heterocycles. The third-order valence-corrected chi connectivity index (χ3v) is 10.1. The van der Waals surface area contributed by atoms with Crippen LogP contribution in [-0.4, -0.2) is 5.48 Å². The van der Waals surface area contributed by atoms with Gasteiger partial charge >= 0.3 is 0 Å². The van der Waals surface area contributed by atoms with Gasteiger partial charge in [0, 0.05) is 55.9 Å². The molecule has 1 nitrogen and oxygen atoms in total. The number of benzene rings is 4. The van der Waals surface area contributed by atoms with Gasteiger partial charge in [0.05, 0.1) is 0 Å². The van der Waals surface area contributed by atoms with E-state index in [1.54, 1.807) is 0 Å². The van der Waals surface area contributed by atoms with Gasteiger partial charge in [-0.25, -0.2) is 0 Å². The first-order chi connectivity index (χ1) is 16.0. The van der Waals surface area contributed by atoms with Gasteiger partial charge in [0.15, 0.2) is 0 Å². The van der Waals surface area contributed by atoms with Crippen molar-refractivity contribution in [3.63, 3.8) is 0 Å². The molecule has 4 rings (SSSR count). The van der Waals surface area contributed by atoms with Crippen LogP contribution in [0.2, 0.25) is 0 Å². The molecule has 0 aromatic heterocycles. The van der Waals surface area contributed by atoms with Crippen LogP contribution in [0.3, 0.4) is 0 Å². The van der Waals surface area contributed by atoms with Crippen molar-refractivity contribution in [1.29, 1.82) is 0 Å². The van der Waals surface area contributed by atoms with Crippen molar-refractivity contribution in [3.05, 3.63) is 105 Å². The molecule has 35 heavy (non-hydrogen) atoms. The lowest BCUT2D eigenvalue weighted by Gasteiger charge is -2.11. The Kier molecular flexibility index (Phi) is 14.0. The van der Waals surface area contributed by atoms with Crippen LogP contribution in [-0.2, 0) is 0 Å². The van der Waals surface area contributed by atoms with Crippen molar-refractivity contribution < 1.29 is 5.48 Å². The van der Waals surface area contributed by atoms with E-state index >= 15 is 0 Å². The highest BCUT2D eigenvalue weighted by atomic mass is 79.9. The summed E-state index contributed by atoms with van der Waals surface area (Å²) in [6, 6.07) is 20.4. The van der Waals surface area contributed by atoms with Crippen LogP contribution in [0.15, 0.2) is 105 Å². The van der Waals surface area contributed by atoms with Gasteiger partial charge in [0.1, 0.15) is 0 Å². The molecule has 0 spiro atoms. The minimum absolute atomic E-state index is 0. The lowest BCUT2D eigenvalue weighted by atomic mass is 10.1. The monoisotopic (exact) mass is 1110 g/mol. The quantitative estimate of drug-likeness (QED) is 0.192. The van der Waals surface area contributed by atoms with Gasteiger partial charge in [-0.15, -0.1) is 0 Å². The average Bonchev–Trinajstić information content (AvgIpc) is 2.70. The number of hydrogen-bond donors (Lipinski definition) is 0. The highest BCUT2D eigenvalue weighted by Gasteiger charge is 2.13. The summed E-state index contributed by atoms with van der Waals surface area (Å²) in [6.07, 6.45) is 0. The van der Waals surface area contributed by atoms with E-state index < -0.39 is 0 Å². The van der Waals surface area contributed by atoms with E-state index in [0.29, 0.717) is 0 Å². The molecule has 11 heteroatoms. The molecule has 4 aromatic rings. The fraction of sp³-hybridized carbons (Fsp3) is 0. The van der Waals surface area contributed by atoms with Crippen LogP contribution in [0.5, 0.6) is 0 Å². The molecule has 0 bridgehead atoms. The minimum atomic E-state index is 0. The van der Waals surface area contributed by atoms with Crippen molar-refractivity contribution in [2.75, 3.05) is 0 Å². The van der Waals surface area contributed by atoms with Crippen LogP contribution in [0.4, 0.5) is 0 Å². The van der Waals surface area contributed by atoms with Crippen LogP contribution in [0.25, 0.3) is 22.3 Å². The summed E-state index contributed by atoms with van der Waals surface area (Å²) in [5, 5.41) is 0. The van der Waals surface area contributed by atoms with Gasteiger partial charge < -0.3 is 5.48 Å². The van der Waals surface area contributed by atoms with Crippen molar-refractivity contribution in [2.45, 2.75) is 0 Å². The van der Waals surface area contributed by atoms with E-state index in [2.05, 4.69) is 171 Å². The Labute approximate surface area is 288 Å². The highest BCUT2D eigenvalue weighted by Crippen LogP contribution is 2.42. The standard InChI is InChI=1S/2C12H5Br5.H2O/c2*13-6-1-2-8(9(15)3-6)12-10(16)4-7(14)5-11(12)17;/h2*1-5H;1H2. The summed E-state index contributed by atoms with van der Waals surface area (Å²) < 4.78 is 10.5. The number of halogens is 10. The largest absolute Gasteiger partial charge is 0.412 e. The SMILES string of the molecule is Brc1ccc(-c2c(Br)cc(Br)cc2Br)c(Br)c1.Brc1ccc(-c2c(Br)cc(Br)cc2Br)c(Br)c1.O. The Morgan fingerprint density at radius 2 is 0.571 bits per heavy atom. The predicted molar refractivity (Wildman–Crippen MR) is 184 cm³/mol. The van der Waals surface area contributed by atoms with Crippen LogP contribution in [0.1, 0.15) is 0 Å². The Morgan fingerprint density at radius 1 is 0.314 bits per heavy atom. The molecule has 0 aliphatic carbocycles. The van der Waals surface area contributed by atoms with E-state index in [1.807, 2.05) is 48.5 Å². The van der Waals surface area contributed by atoms with Crippen LogP contribution < -0.4 is 0 Å². The van der Waals surface area contributed by atoms with Crippen molar-refractivity contribution in [3.8, 4) is 22.3 Å². The Bertz CT molecular complexity index is 1220. The number of rotatable bonds is 2. The third-order valence-electron chi connectivity index (χ3n) is 4.41. The molecule has 0 atom stereocenters. The lowest BCUT2D eigenvalue weighted by molar-refractivity contribution is 0.824. The maximum atomic E-state index is 3.59. The van der Waals surface area contributed by atoms with Gasteiger partial charge in [0.2, 0.25) is 0 Å². The normalized spacial score (nSPS) is 10.3. The topological polar surface area (TPSA) is 31.5 Å². The van der Waals surface area contributed by atoms with E-state index in [-0.39, 0.29) is 5.48 Å². The van der Waals surface area contributed by atoms with E-state index in [1.165, 1.54) is 0 Å². The summed E-state index contributed by atoms with van der Waals surface area (Å²) in [4.78, 5) is 0. The first-order valence-corrected chi connectivity index (χ1v) is 17.1. The zero-order valence-electron chi connectivity index (χ0n) is 17.1. The van der Waals surface area contributed by atoms with E-state index in [9.17, 15) is 0 Å². The van der Waals surface area contributed by atoms with Crippen LogP contribution >= 0.6 is 159 Å². The van der Waals surface area contributed by atoms with Crippen molar-refractivity contribution in [2.24, 2.45) is 0 Å². The maximum Gasteiger partial charge on any atom is 0.0276 e. The van der Waals surface area contributed by atoms with Gasteiger partial charge in [0.25, 0.3) is 0 Å². The van der Waals surface area contributed by atoms with Gasteiger partial charge in [-0.3, -0.25) is 0 Å². The first-order valence-electron chi connectivity index (χ1n) is 9.18. The molecular formula is C24H12Br10O. The fourth-order valence-electron chi connectivity index (χ4n) is 2.98. The zero-order valence-corrected chi connectivity index (χ0v) is 32.9. The molecule has 0 heterocycles. The Balaban J connectivity index is 0.000000240. The summed E-state index contributed by atoms with van der Waals surface area (Å²) in [7, 11) is 0. The summed E-state index contributed by atoms with van der Waals surface area (Å²) in [5.41, 5.74) is 4.54. The van der Waals surface area contributed by atoms with E-state index in [4.69, 9.17) is 0 Å². The molecule has 184 valence electrons. The number of hydrogen-bond acceptors (Lipinski definition) is 0. The predicted octanol–water partition coefficient (Wildman–Crippen LogP) is 13.5. The molecule has 0 aliphatic rings. The summed E-state index contributed by atoms with van der Waals surface area (Å²) >= 11 is 35.4. The van der Waals surface area contributed by atoms with Crippen molar-refractivity contribution >= 4 is 159 Å². The van der Waals surface area contributed by atoms with Crippen LogP contribution in [0, 0.1) is 0 Å². The van der Waals surface area contributed by atoms with Gasteiger partial charge in [-0.2, -0.15) is 0 Å². The second-order valence-electron chi connectivity index (χ2n) is 6.74. The molecule has 0 radical (unpaired) electrons. The average molecular weight is 1120 g/mol. The molecule has 0 saturated carbocycles. The lowest BCUT2D eigenvalue weighted by Crippen LogP contribution is -1.85. The Morgan fingerprint density at radius 3 is 0.829 bits per heavy atom. The van der Waals surface area contributed by atoms with Crippen molar-refractivity contribution in [1.82, 2.24) is 0 Å². The molecule has 0 fully saturated rings. The van der Waals surface area contributed by atoms with Gasteiger partial charge in [-0.1, -0.05) is 171 Å². The molecule has 0 unspecified atom stereocenters. The molecule has 0 aliphatic heterocycles.